The molecule has 7 nitrogen and oxygen atoms in total. The second kappa shape index (κ2) is 7.50. The summed E-state index contributed by atoms with van der Waals surface area (Å²) in [4.78, 5) is 24.5. The molecule has 1 aromatic carbocycles. The fourth-order valence-electron chi connectivity index (χ4n) is 2.20. The van der Waals surface area contributed by atoms with Crippen molar-refractivity contribution in [3.8, 4) is 17.1 Å². The Hall–Kier alpha value is -3.32. The van der Waals surface area contributed by atoms with Crippen LogP contribution in [0.3, 0.4) is 0 Å². The number of rotatable bonds is 5. The normalized spacial score (nSPS) is 11.7. The number of carbonyl (C=O) groups is 1. The molecule has 0 aliphatic rings. The maximum atomic E-state index is 12.1. The number of nitrogens with zero attached hydrogens (tertiary/aromatic N) is 3. The van der Waals surface area contributed by atoms with Gasteiger partial charge in [0.2, 0.25) is 0 Å². The SMILES string of the molecule is O=C(NCC(O)c1ccc(O)cc1)c1cnc(-c2cccnc2)nc1. The van der Waals surface area contributed by atoms with E-state index >= 15 is 0 Å². The predicted octanol–water partition coefficient (Wildman–Crippen LogP) is 1.71. The second-order valence-corrected chi connectivity index (χ2v) is 5.35. The van der Waals surface area contributed by atoms with Gasteiger partial charge < -0.3 is 15.5 Å². The van der Waals surface area contributed by atoms with E-state index in [1.165, 1.54) is 24.5 Å². The summed E-state index contributed by atoms with van der Waals surface area (Å²) in [5.41, 5.74) is 1.66. The number of aliphatic hydroxyl groups is 1. The Morgan fingerprint density at radius 3 is 2.44 bits per heavy atom. The number of aromatic hydroxyl groups is 1. The fourth-order valence-corrected chi connectivity index (χ4v) is 2.20. The molecular formula is C18H16N4O3. The van der Waals surface area contributed by atoms with E-state index in [4.69, 9.17) is 0 Å². The van der Waals surface area contributed by atoms with Gasteiger partial charge in [0.15, 0.2) is 5.82 Å². The zero-order chi connectivity index (χ0) is 17.6. The van der Waals surface area contributed by atoms with Gasteiger partial charge in [0, 0.05) is 36.9 Å². The van der Waals surface area contributed by atoms with Gasteiger partial charge in [-0.2, -0.15) is 0 Å². The third-order valence-electron chi connectivity index (χ3n) is 3.57. The predicted molar refractivity (Wildman–Crippen MR) is 90.7 cm³/mol. The van der Waals surface area contributed by atoms with Crippen molar-refractivity contribution < 1.29 is 15.0 Å². The summed E-state index contributed by atoms with van der Waals surface area (Å²) < 4.78 is 0. The van der Waals surface area contributed by atoms with Crippen LogP contribution in [0.4, 0.5) is 0 Å². The van der Waals surface area contributed by atoms with Crippen molar-refractivity contribution in [3.63, 3.8) is 0 Å². The average Bonchev–Trinajstić information content (AvgIpc) is 2.67. The van der Waals surface area contributed by atoms with Crippen LogP contribution in [0.5, 0.6) is 5.75 Å². The van der Waals surface area contributed by atoms with Gasteiger partial charge in [-0.25, -0.2) is 9.97 Å². The molecule has 3 aromatic rings. The molecule has 0 saturated carbocycles. The Kier molecular flexibility index (Phi) is 4.96. The topological polar surface area (TPSA) is 108 Å². The Bertz CT molecular complexity index is 836. The zero-order valence-corrected chi connectivity index (χ0v) is 13.2. The Labute approximate surface area is 144 Å². The van der Waals surface area contributed by atoms with Crippen LogP contribution in [0.1, 0.15) is 22.0 Å². The van der Waals surface area contributed by atoms with Crippen LogP contribution in [0.25, 0.3) is 11.4 Å². The monoisotopic (exact) mass is 336 g/mol. The first kappa shape index (κ1) is 16.5. The van der Waals surface area contributed by atoms with Crippen molar-refractivity contribution in [2.75, 3.05) is 6.54 Å². The molecule has 2 aromatic heterocycles. The summed E-state index contributed by atoms with van der Waals surface area (Å²) in [5.74, 6) is 0.218. The summed E-state index contributed by atoms with van der Waals surface area (Å²) in [6.45, 7) is 0.0357. The van der Waals surface area contributed by atoms with Crippen LogP contribution in [-0.4, -0.2) is 37.6 Å². The van der Waals surface area contributed by atoms with Gasteiger partial charge in [0.05, 0.1) is 11.7 Å². The van der Waals surface area contributed by atoms with Crippen molar-refractivity contribution in [1.29, 1.82) is 0 Å². The van der Waals surface area contributed by atoms with E-state index in [0.717, 1.165) is 5.56 Å². The Balaban J connectivity index is 1.60. The summed E-state index contributed by atoms with van der Waals surface area (Å²) in [7, 11) is 0. The lowest BCUT2D eigenvalue weighted by Gasteiger charge is -2.12. The number of pyridine rings is 1. The first-order chi connectivity index (χ1) is 12.1. The van der Waals surface area contributed by atoms with Gasteiger partial charge in [-0.1, -0.05) is 12.1 Å². The minimum absolute atomic E-state index is 0.0357. The Morgan fingerprint density at radius 1 is 1.08 bits per heavy atom. The van der Waals surface area contributed by atoms with Crippen molar-refractivity contribution >= 4 is 5.91 Å². The molecule has 0 spiro atoms. The number of hydrogen-bond acceptors (Lipinski definition) is 6. The number of aromatic nitrogens is 3. The molecule has 1 unspecified atom stereocenters. The summed E-state index contributed by atoms with van der Waals surface area (Å²) in [5, 5.41) is 21.9. The first-order valence-electron chi connectivity index (χ1n) is 7.61. The molecule has 3 rings (SSSR count). The highest BCUT2D eigenvalue weighted by Gasteiger charge is 2.12. The molecule has 2 heterocycles. The van der Waals surface area contributed by atoms with Crippen molar-refractivity contribution in [2.24, 2.45) is 0 Å². The fraction of sp³-hybridized carbons (Fsp3) is 0.111. The van der Waals surface area contributed by atoms with Crippen LogP contribution in [0.2, 0.25) is 0 Å². The number of phenols is 1. The summed E-state index contributed by atoms with van der Waals surface area (Å²) >= 11 is 0. The second-order valence-electron chi connectivity index (χ2n) is 5.35. The lowest BCUT2D eigenvalue weighted by molar-refractivity contribution is 0.0915. The molecule has 0 saturated heterocycles. The standard InChI is InChI=1S/C18H16N4O3/c23-15-5-3-12(4-6-15)16(24)11-22-18(25)14-9-20-17(21-10-14)13-2-1-7-19-8-13/h1-10,16,23-24H,11H2,(H,22,25). The minimum Gasteiger partial charge on any atom is -0.508 e. The molecule has 0 aliphatic heterocycles. The molecule has 0 radical (unpaired) electrons. The van der Waals surface area contributed by atoms with Gasteiger partial charge in [0.25, 0.3) is 5.91 Å². The number of benzene rings is 1. The number of carbonyl (C=O) groups excluding carboxylic acids is 1. The van der Waals surface area contributed by atoms with Crippen LogP contribution in [-0.2, 0) is 0 Å². The molecule has 1 atom stereocenters. The van der Waals surface area contributed by atoms with Crippen molar-refractivity contribution in [2.45, 2.75) is 6.10 Å². The smallest absolute Gasteiger partial charge is 0.254 e. The molecular weight excluding hydrogens is 320 g/mol. The zero-order valence-electron chi connectivity index (χ0n) is 13.2. The number of amides is 1. The summed E-state index contributed by atoms with van der Waals surface area (Å²) in [6.07, 6.45) is 5.28. The molecule has 126 valence electrons. The minimum atomic E-state index is -0.875. The first-order valence-corrected chi connectivity index (χ1v) is 7.61. The molecule has 1 amide bonds. The lowest BCUT2D eigenvalue weighted by atomic mass is 10.1. The lowest BCUT2D eigenvalue weighted by Crippen LogP contribution is -2.28. The third-order valence-corrected chi connectivity index (χ3v) is 3.57. The number of phenolic OH excluding ortho intramolecular Hbond substituents is 1. The van der Waals surface area contributed by atoms with Gasteiger partial charge in [0.1, 0.15) is 5.75 Å². The van der Waals surface area contributed by atoms with Crippen LogP contribution in [0, 0.1) is 0 Å². The van der Waals surface area contributed by atoms with E-state index < -0.39 is 6.10 Å². The summed E-state index contributed by atoms with van der Waals surface area (Å²) in [6, 6.07) is 9.76. The largest absolute Gasteiger partial charge is 0.508 e. The van der Waals surface area contributed by atoms with Crippen LogP contribution >= 0.6 is 0 Å². The highest BCUT2D eigenvalue weighted by Crippen LogP contribution is 2.16. The molecule has 0 fully saturated rings. The number of hydrogen-bond donors (Lipinski definition) is 3. The molecule has 0 bridgehead atoms. The van der Waals surface area contributed by atoms with E-state index in [1.807, 2.05) is 6.07 Å². The van der Waals surface area contributed by atoms with Gasteiger partial charge in [-0.3, -0.25) is 9.78 Å². The Morgan fingerprint density at radius 2 is 1.80 bits per heavy atom. The van der Waals surface area contributed by atoms with Crippen LogP contribution in [0.15, 0.2) is 61.2 Å². The molecule has 0 aliphatic carbocycles. The quantitative estimate of drug-likeness (QED) is 0.654. The highest BCUT2D eigenvalue weighted by molar-refractivity contribution is 5.93. The van der Waals surface area contributed by atoms with E-state index in [-0.39, 0.29) is 18.2 Å². The van der Waals surface area contributed by atoms with E-state index in [9.17, 15) is 15.0 Å². The molecule has 25 heavy (non-hydrogen) atoms. The van der Waals surface area contributed by atoms with Gasteiger partial charge in [-0.15, -0.1) is 0 Å². The maximum absolute atomic E-state index is 12.1. The van der Waals surface area contributed by atoms with Crippen molar-refractivity contribution in [3.05, 3.63) is 72.3 Å². The van der Waals surface area contributed by atoms with Gasteiger partial charge >= 0.3 is 0 Å². The molecule has 3 N–H and O–H groups in total. The van der Waals surface area contributed by atoms with Crippen LogP contribution < -0.4 is 5.32 Å². The third kappa shape index (κ3) is 4.15. The average molecular weight is 336 g/mol. The van der Waals surface area contributed by atoms with Gasteiger partial charge in [-0.05, 0) is 29.8 Å². The van der Waals surface area contributed by atoms with E-state index in [0.29, 0.717) is 17.0 Å². The maximum Gasteiger partial charge on any atom is 0.254 e. The van der Waals surface area contributed by atoms with Crippen molar-refractivity contribution in [1.82, 2.24) is 20.3 Å². The number of aliphatic hydroxyl groups excluding tert-OH is 1. The number of nitrogens with one attached hydrogen (secondary N) is 1. The molecule has 7 heteroatoms. The van der Waals surface area contributed by atoms with E-state index in [2.05, 4.69) is 20.3 Å². The van der Waals surface area contributed by atoms with E-state index in [1.54, 1.807) is 30.6 Å². The highest BCUT2D eigenvalue weighted by atomic mass is 16.3.